The van der Waals surface area contributed by atoms with E-state index < -0.39 is 5.97 Å². The first-order chi connectivity index (χ1) is 8.22. The number of fused-ring (bicyclic) bond motifs is 1. The summed E-state index contributed by atoms with van der Waals surface area (Å²) in [6.45, 7) is 0. The van der Waals surface area contributed by atoms with E-state index in [0.717, 1.165) is 16.5 Å². The number of rotatable bonds is 1. The van der Waals surface area contributed by atoms with Crippen LogP contribution in [0.4, 0.5) is 0 Å². The van der Waals surface area contributed by atoms with E-state index in [1.807, 2.05) is 18.2 Å². The second kappa shape index (κ2) is 3.67. The normalized spacial score (nSPS) is 14.4. The van der Waals surface area contributed by atoms with Gasteiger partial charge in [-0.2, -0.15) is 0 Å². The molecule has 0 radical (unpaired) electrons. The van der Waals surface area contributed by atoms with Gasteiger partial charge in [-0.05, 0) is 31.0 Å². The van der Waals surface area contributed by atoms with Crippen LogP contribution in [-0.2, 0) is 0 Å². The highest BCUT2D eigenvalue weighted by Gasteiger charge is 2.17. The van der Waals surface area contributed by atoms with Crippen LogP contribution in [0.15, 0.2) is 24.3 Å². The number of aromatic carboxylic acids is 1. The van der Waals surface area contributed by atoms with E-state index in [0.29, 0.717) is 5.92 Å². The van der Waals surface area contributed by atoms with E-state index in [4.69, 9.17) is 5.11 Å². The van der Waals surface area contributed by atoms with Crippen LogP contribution in [0.2, 0.25) is 0 Å². The van der Waals surface area contributed by atoms with Crippen LogP contribution in [-0.4, -0.2) is 16.1 Å². The summed E-state index contributed by atoms with van der Waals surface area (Å²) < 4.78 is 0. The quantitative estimate of drug-likeness (QED) is 0.733. The first-order valence-electron chi connectivity index (χ1n) is 5.60. The number of carbonyl (C=O) groups is 1. The van der Waals surface area contributed by atoms with Gasteiger partial charge in [-0.15, -0.1) is 0 Å². The lowest BCUT2D eigenvalue weighted by molar-refractivity contribution is 0.0691. The van der Waals surface area contributed by atoms with E-state index >= 15 is 0 Å². The second-order valence-electron chi connectivity index (χ2n) is 4.33. The number of H-pyrrole nitrogens is 1. The predicted octanol–water partition coefficient (Wildman–Crippen LogP) is 2.63. The summed E-state index contributed by atoms with van der Waals surface area (Å²) in [5.41, 5.74) is 1.97. The summed E-state index contributed by atoms with van der Waals surface area (Å²) in [4.78, 5) is 13.7. The van der Waals surface area contributed by atoms with E-state index in [1.165, 1.54) is 12.8 Å². The highest BCUT2D eigenvalue weighted by molar-refractivity contribution is 5.94. The third-order valence-corrected chi connectivity index (χ3v) is 2.85. The average Bonchev–Trinajstić information content (AvgIpc) is 3.03. The zero-order valence-corrected chi connectivity index (χ0v) is 9.16. The number of aromatic nitrogens is 1. The van der Waals surface area contributed by atoms with Gasteiger partial charge in [0.05, 0.1) is 0 Å². The maximum Gasteiger partial charge on any atom is 0.352 e. The fourth-order valence-electron chi connectivity index (χ4n) is 1.73. The maximum absolute atomic E-state index is 10.8. The molecule has 3 rings (SSSR count). The zero-order chi connectivity index (χ0) is 11.8. The van der Waals surface area contributed by atoms with Gasteiger partial charge in [0, 0.05) is 22.4 Å². The number of nitrogens with one attached hydrogen (secondary N) is 1. The maximum atomic E-state index is 10.8. The van der Waals surface area contributed by atoms with Gasteiger partial charge in [-0.3, -0.25) is 0 Å². The first kappa shape index (κ1) is 9.98. The van der Waals surface area contributed by atoms with Gasteiger partial charge >= 0.3 is 5.97 Å². The Balaban J connectivity index is 2.00. The molecule has 3 heteroatoms. The largest absolute Gasteiger partial charge is 0.477 e. The van der Waals surface area contributed by atoms with Gasteiger partial charge in [-0.25, -0.2) is 4.79 Å². The minimum Gasteiger partial charge on any atom is -0.477 e. The lowest BCUT2D eigenvalue weighted by Crippen LogP contribution is -1.94. The fourth-order valence-corrected chi connectivity index (χ4v) is 1.73. The summed E-state index contributed by atoms with van der Waals surface area (Å²) in [6.07, 6.45) is 2.42. The van der Waals surface area contributed by atoms with E-state index in [2.05, 4.69) is 16.8 Å². The number of carboxylic acids is 1. The molecule has 2 N–H and O–H groups in total. The van der Waals surface area contributed by atoms with E-state index in [1.54, 1.807) is 6.07 Å². The minimum absolute atomic E-state index is 0.215. The Morgan fingerprint density at radius 3 is 2.88 bits per heavy atom. The van der Waals surface area contributed by atoms with Crippen molar-refractivity contribution in [3.05, 3.63) is 35.5 Å². The van der Waals surface area contributed by atoms with Crippen molar-refractivity contribution < 1.29 is 9.90 Å². The van der Waals surface area contributed by atoms with Gasteiger partial charge in [0.15, 0.2) is 0 Å². The van der Waals surface area contributed by atoms with Crippen LogP contribution >= 0.6 is 0 Å². The summed E-state index contributed by atoms with van der Waals surface area (Å²) in [5, 5.41) is 9.78. The molecule has 1 fully saturated rings. The van der Waals surface area contributed by atoms with Gasteiger partial charge in [0.25, 0.3) is 0 Å². The number of hydrogen-bond donors (Lipinski definition) is 2. The molecule has 0 aliphatic heterocycles. The van der Waals surface area contributed by atoms with Crippen LogP contribution in [0.5, 0.6) is 0 Å². The summed E-state index contributed by atoms with van der Waals surface area (Å²) in [5.74, 6) is 5.94. The van der Waals surface area contributed by atoms with Gasteiger partial charge in [-0.1, -0.05) is 17.9 Å². The monoisotopic (exact) mass is 225 g/mol. The SMILES string of the molecule is O=C(O)c1cc2ccc(C#CC3CC3)cc2[nH]1. The molecule has 17 heavy (non-hydrogen) atoms. The molecular formula is C14H11NO2. The predicted molar refractivity (Wildman–Crippen MR) is 64.9 cm³/mol. The topological polar surface area (TPSA) is 53.1 Å². The molecule has 0 bridgehead atoms. The Morgan fingerprint density at radius 2 is 2.18 bits per heavy atom. The summed E-state index contributed by atoms with van der Waals surface area (Å²) in [7, 11) is 0. The molecule has 0 atom stereocenters. The van der Waals surface area contributed by atoms with Crippen molar-refractivity contribution in [2.75, 3.05) is 0 Å². The number of hydrogen-bond acceptors (Lipinski definition) is 1. The molecule has 1 saturated carbocycles. The van der Waals surface area contributed by atoms with Gasteiger partial charge in [0.1, 0.15) is 5.69 Å². The Kier molecular flexibility index (Phi) is 2.15. The van der Waals surface area contributed by atoms with Gasteiger partial charge < -0.3 is 10.1 Å². The molecule has 0 spiro atoms. The molecule has 0 saturated heterocycles. The van der Waals surface area contributed by atoms with E-state index in [9.17, 15) is 4.79 Å². The Hall–Kier alpha value is -2.21. The van der Waals surface area contributed by atoms with Crippen molar-refractivity contribution in [2.45, 2.75) is 12.8 Å². The lowest BCUT2D eigenvalue weighted by atomic mass is 10.1. The smallest absolute Gasteiger partial charge is 0.352 e. The molecule has 1 aromatic carbocycles. The molecule has 1 aromatic heterocycles. The molecule has 1 aliphatic carbocycles. The summed E-state index contributed by atoms with van der Waals surface area (Å²) >= 11 is 0. The number of aromatic amines is 1. The highest BCUT2D eigenvalue weighted by atomic mass is 16.4. The van der Waals surface area contributed by atoms with Crippen molar-refractivity contribution in [3.63, 3.8) is 0 Å². The minimum atomic E-state index is -0.938. The molecule has 0 amide bonds. The lowest BCUT2D eigenvalue weighted by Gasteiger charge is -1.91. The summed E-state index contributed by atoms with van der Waals surface area (Å²) in [6, 6.07) is 7.36. The third kappa shape index (κ3) is 2.02. The number of carboxylic acid groups (broad SMARTS) is 1. The number of benzene rings is 1. The van der Waals surface area contributed by atoms with Crippen molar-refractivity contribution in [1.82, 2.24) is 4.98 Å². The Morgan fingerprint density at radius 1 is 1.35 bits per heavy atom. The Labute approximate surface area is 98.5 Å². The van der Waals surface area contributed by atoms with Crippen molar-refractivity contribution >= 4 is 16.9 Å². The van der Waals surface area contributed by atoms with Crippen LogP contribution in [0.3, 0.4) is 0 Å². The average molecular weight is 225 g/mol. The molecule has 2 aromatic rings. The molecule has 1 aliphatic rings. The van der Waals surface area contributed by atoms with Crippen molar-refractivity contribution in [2.24, 2.45) is 5.92 Å². The standard InChI is InChI=1S/C14H11NO2/c16-14(17)13-8-11-6-5-10(7-12(11)15-13)4-3-9-1-2-9/h5-9,15H,1-2H2,(H,16,17). The molecule has 84 valence electrons. The highest BCUT2D eigenvalue weighted by Crippen LogP contribution is 2.27. The Bertz CT molecular complexity index is 654. The molecule has 1 heterocycles. The molecule has 3 nitrogen and oxygen atoms in total. The second-order valence-corrected chi connectivity index (χ2v) is 4.33. The zero-order valence-electron chi connectivity index (χ0n) is 9.16. The first-order valence-corrected chi connectivity index (χ1v) is 5.60. The molecule has 0 unspecified atom stereocenters. The third-order valence-electron chi connectivity index (χ3n) is 2.85. The molecular weight excluding hydrogens is 214 g/mol. The van der Waals surface area contributed by atoms with Crippen LogP contribution in [0, 0.1) is 17.8 Å². The van der Waals surface area contributed by atoms with Crippen LogP contribution in [0.1, 0.15) is 28.9 Å². The van der Waals surface area contributed by atoms with E-state index in [-0.39, 0.29) is 5.69 Å². The van der Waals surface area contributed by atoms with Crippen LogP contribution in [0.25, 0.3) is 10.9 Å². The van der Waals surface area contributed by atoms with Crippen molar-refractivity contribution in [3.8, 4) is 11.8 Å². The van der Waals surface area contributed by atoms with Gasteiger partial charge in [0.2, 0.25) is 0 Å². The fraction of sp³-hybridized carbons (Fsp3) is 0.214. The van der Waals surface area contributed by atoms with Crippen LogP contribution < -0.4 is 0 Å². The van der Waals surface area contributed by atoms with Crippen molar-refractivity contribution in [1.29, 1.82) is 0 Å².